The van der Waals surface area contributed by atoms with Gasteiger partial charge in [-0.15, -0.1) is 26.6 Å². The summed E-state index contributed by atoms with van der Waals surface area (Å²) in [5, 5.41) is 15.7. The Kier molecular flexibility index (Phi) is 3.96. The van der Waals surface area contributed by atoms with Gasteiger partial charge in [0, 0.05) is 17.1 Å². The lowest BCUT2D eigenvalue weighted by Gasteiger charge is -2.30. The van der Waals surface area contributed by atoms with Gasteiger partial charge in [0.05, 0.1) is 17.6 Å². The molecular formula is C21H20N6OS2. The van der Waals surface area contributed by atoms with Gasteiger partial charge in [0.15, 0.2) is 10.8 Å². The number of benzene rings is 1. The Morgan fingerprint density at radius 1 is 1.20 bits per heavy atom. The second-order valence-corrected chi connectivity index (χ2v) is 10.2. The zero-order valence-corrected chi connectivity index (χ0v) is 18.5. The van der Waals surface area contributed by atoms with Crippen molar-refractivity contribution >= 4 is 44.7 Å². The number of ether oxygens (including phenoxy) is 1. The topological polar surface area (TPSA) is 69.6 Å². The molecule has 1 aliphatic rings. The highest BCUT2D eigenvalue weighted by atomic mass is 32.2. The smallest absolute Gasteiger partial charge is 0.260 e. The maximum Gasteiger partial charge on any atom is 0.260 e. The molecule has 7 nitrogen and oxygen atoms in total. The van der Waals surface area contributed by atoms with Crippen LogP contribution in [0.2, 0.25) is 0 Å². The molecule has 0 fully saturated rings. The van der Waals surface area contributed by atoms with E-state index in [1.807, 2.05) is 17.5 Å². The van der Waals surface area contributed by atoms with E-state index in [0.717, 1.165) is 39.0 Å². The molecule has 0 unspecified atom stereocenters. The maximum atomic E-state index is 6.09. The number of fused-ring (bicyclic) bond motifs is 8. The third-order valence-electron chi connectivity index (χ3n) is 5.42. The molecule has 0 saturated heterocycles. The number of nitrogens with zero attached hydrogens (tertiary/aromatic N) is 6. The van der Waals surface area contributed by atoms with Crippen molar-refractivity contribution in [1.82, 2.24) is 29.2 Å². The number of thioether (sulfide) groups is 1. The molecule has 0 aliphatic carbocycles. The molecule has 0 amide bonds. The summed E-state index contributed by atoms with van der Waals surface area (Å²) in [4.78, 5) is 7.13. The van der Waals surface area contributed by atoms with Crippen LogP contribution in [0.3, 0.4) is 0 Å². The van der Waals surface area contributed by atoms with Crippen molar-refractivity contribution in [2.75, 3.05) is 0 Å². The molecule has 9 heteroatoms. The largest absolute Gasteiger partial charge is 0.370 e. The molecule has 152 valence electrons. The summed E-state index contributed by atoms with van der Waals surface area (Å²) in [7, 11) is 0. The first kappa shape index (κ1) is 18.3. The van der Waals surface area contributed by atoms with Gasteiger partial charge >= 0.3 is 0 Å². The van der Waals surface area contributed by atoms with Gasteiger partial charge in [0.25, 0.3) is 5.78 Å². The highest BCUT2D eigenvalue weighted by Crippen LogP contribution is 2.41. The van der Waals surface area contributed by atoms with E-state index < -0.39 is 0 Å². The van der Waals surface area contributed by atoms with Crippen LogP contribution >= 0.6 is 23.1 Å². The van der Waals surface area contributed by atoms with E-state index in [4.69, 9.17) is 9.72 Å². The number of aryl methyl sites for hydroxylation is 1. The molecular weight excluding hydrogens is 416 g/mol. The van der Waals surface area contributed by atoms with Crippen molar-refractivity contribution in [2.45, 2.75) is 50.3 Å². The second-order valence-electron chi connectivity index (χ2n) is 8.20. The van der Waals surface area contributed by atoms with Gasteiger partial charge in [0.1, 0.15) is 10.7 Å². The second kappa shape index (κ2) is 6.50. The molecule has 1 aromatic carbocycles. The van der Waals surface area contributed by atoms with Crippen LogP contribution in [0.5, 0.6) is 0 Å². The first-order valence-corrected chi connectivity index (χ1v) is 11.7. The molecule has 5 heterocycles. The number of hydrogen-bond donors (Lipinski definition) is 0. The number of rotatable bonds is 3. The number of aromatic nitrogens is 6. The molecule has 0 bridgehead atoms. The monoisotopic (exact) mass is 436 g/mol. The molecule has 4 aromatic heterocycles. The Labute approximate surface area is 181 Å². The summed E-state index contributed by atoms with van der Waals surface area (Å²) in [5.74, 6) is 2.27. The van der Waals surface area contributed by atoms with E-state index in [1.54, 1.807) is 23.1 Å². The lowest BCUT2D eigenvalue weighted by atomic mass is 9.94. The van der Waals surface area contributed by atoms with Crippen LogP contribution in [0.15, 0.2) is 35.5 Å². The first-order chi connectivity index (χ1) is 14.5. The van der Waals surface area contributed by atoms with Gasteiger partial charge < -0.3 is 4.74 Å². The summed E-state index contributed by atoms with van der Waals surface area (Å²) < 4.78 is 10.1. The molecule has 0 N–H and O–H groups in total. The van der Waals surface area contributed by atoms with Gasteiger partial charge in [-0.3, -0.25) is 0 Å². The zero-order chi connectivity index (χ0) is 20.5. The first-order valence-electron chi connectivity index (χ1n) is 9.85. The summed E-state index contributed by atoms with van der Waals surface area (Å²) >= 11 is 3.45. The fourth-order valence-electron chi connectivity index (χ4n) is 4.04. The standard InChI is InChI=1S/C21H20N6OS2/c1-12-22-17-16-14-9-21(2,3)28-10-15(14)30-18(16)26-19(27(17)25-12)23-24-20(26)29-11-13-7-5-4-6-8-13/h4-8H,9-11H2,1-3H3. The van der Waals surface area contributed by atoms with E-state index in [-0.39, 0.29) is 5.60 Å². The van der Waals surface area contributed by atoms with E-state index in [2.05, 4.69) is 57.8 Å². The quantitative estimate of drug-likeness (QED) is 0.390. The average molecular weight is 437 g/mol. The molecule has 5 aromatic rings. The van der Waals surface area contributed by atoms with Crippen molar-refractivity contribution in [2.24, 2.45) is 0 Å². The van der Waals surface area contributed by atoms with Gasteiger partial charge in [-0.2, -0.15) is 4.52 Å². The molecule has 0 saturated carbocycles. The maximum absolute atomic E-state index is 6.09. The minimum atomic E-state index is -0.194. The van der Waals surface area contributed by atoms with Crippen LogP contribution < -0.4 is 0 Å². The third kappa shape index (κ3) is 2.76. The van der Waals surface area contributed by atoms with Gasteiger partial charge in [-0.25, -0.2) is 9.38 Å². The van der Waals surface area contributed by atoms with Gasteiger partial charge in [-0.1, -0.05) is 42.1 Å². The Hall–Kier alpha value is -2.49. The van der Waals surface area contributed by atoms with E-state index in [1.165, 1.54) is 16.0 Å². The van der Waals surface area contributed by atoms with Crippen LogP contribution in [-0.4, -0.2) is 34.8 Å². The van der Waals surface area contributed by atoms with Crippen molar-refractivity contribution < 1.29 is 4.74 Å². The normalized spacial score (nSPS) is 16.0. The summed E-state index contributed by atoms with van der Waals surface area (Å²) in [6, 6.07) is 10.4. The SMILES string of the molecule is Cc1nc2c3c4c(sc3n3c(SCc5ccccc5)nnc3n2n1)COC(C)(C)C4. The predicted molar refractivity (Wildman–Crippen MR) is 118 cm³/mol. The Morgan fingerprint density at radius 3 is 2.87 bits per heavy atom. The van der Waals surface area contributed by atoms with Crippen LogP contribution in [0, 0.1) is 6.92 Å². The van der Waals surface area contributed by atoms with Crippen molar-refractivity contribution in [3.8, 4) is 0 Å². The predicted octanol–water partition coefficient (Wildman–Crippen LogP) is 4.44. The highest BCUT2D eigenvalue weighted by Gasteiger charge is 2.32. The van der Waals surface area contributed by atoms with Gasteiger partial charge in [0.2, 0.25) is 0 Å². The van der Waals surface area contributed by atoms with E-state index >= 15 is 0 Å². The molecule has 6 rings (SSSR count). The summed E-state index contributed by atoms with van der Waals surface area (Å²) in [5.41, 5.74) is 3.24. The number of thiophene rings is 1. The van der Waals surface area contributed by atoms with Crippen LogP contribution in [0.25, 0.3) is 21.6 Å². The van der Waals surface area contributed by atoms with Crippen molar-refractivity contribution in [1.29, 1.82) is 0 Å². The van der Waals surface area contributed by atoms with Crippen molar-refractivity contribution in [3.05, 3.63) is 52.2 Å². The van der Waals surface area contributed by atoms with Gasteiger partial charge in [-0.05, 0) is 31.9 Å². The molecule has 0 spiro atoms. The van der Waals surface area contributed by atoms with E-state index in [9.17, 15) is 0 Å². The summed E-state index contributed by atoms with van der Waals surface area (Å²) in [6.45, 7) is 6.83. The fourth-order valence-corrected chi connectivity index (χ4v) is 6.21. The van der Waals surface area contributed by atoms with Crippen LogP contribution in [0.1, 0.15) is 35.7 Å². The Morgan fingerprint density at radius 2 is 2.03 bits per heavy atom. The highest BCUT2D eigenvalue weighted by molar-refractivity contribution is 7.98. The molecule has 0 radical (unpaired) electrons. The number of hydrogen-bond acceptors (Lipinski definition) is 7. The Balaban J connectivity index is 1.60. The minimum absolute atomic E-state index is 0.194. The average Bonchev–Trinajstić information content (AvgIpc) is 3.40. The van der Waals surface area contributed by atoms with E-state index in [0.29, 0.717) is 12.4 Å². The fraction of sp³-hybridized carbons (Fsp3) is 0.333. The molecule has 0 atom stereocenters. The van der Waals surface area contributed by atoms with Crippen molar-refractivity contribution in [3.63, 3.8) is 0 Å². The summed E-state index contributed by atoms with van der Waals surface area (Å²) in [6.07, 6.45) is 0.851. The zero-order valence-electron chi connectivity index (χ0n) is 16.9. The van der Waals surface area contributed by atoms with Crippen LogP contribution in [-0.2, 0) is 23.5 Å². The molecule has 1 aliphatic heterocycles. The lowest BCUT2D eigenvalue weighted by molar-refractivity contribution is -0.0379. The third-order valence-corrected chi connectivity index (χ3v) is 7.62. The van der Waals surface area contributed by atoms with Crippen LogP contribution in [0.4, 0.5) is 0 Å². The minimum Gasteiger partial charge on any atom is -0.370 e. The molecule has 30 heavy (non-hydrogen) atoms. The lowest BCUT2D eigenvalue weighted by Crippen LogP contribution is -2.31. The Bertz CT molecular complexity index is 1420.